The van der Waals surface area contributed by atoms with E-state index in [4.69, 9.17) is 11.6 Å². The molecular weight excluding hydrogens is 240 g/mol. The lowest BCUT2D eigenvalue weighted by atomic mass is 10.2. The van der Waals surface area contributed by atoms with E-state index in [1.807, 2.05) is 0 Å². The molecule has 5 heteroatoms. The molecule has 0 radical (unpaired) electrons. The lowest BCUT2D eigenvalue weighted by molar-refractivity contribution is -0.122. The summed E-state index contributed by atoms with van der Waals surface area (Å²) in [7, 11) is 1.49. The SMILES string of the molecule is CNC(=O)/C(=C\c1ccccc1Cl)NC(C)=O. The molecule has 0 spiro atoms. The van der Waals surface area contributed by atoms with Gasteiger partial charge in [0.2, 0.25) is 5.91 Å². The Bertz CT molecular complexity index is 469. The summed E-state index contributed by atoms with van der Waals surface area (Å²) < 4.78 is 0. The summed E-state index contributed by atoms with van der Waals surface area (Å²) in [5, 5.41) is 5.42. The Hall–Kier alpha value is -1.81. The molecule has 1 aromatic rings. The molecule has 0 aliphatic carbocycles. The Morgan fingerprint density at radius 1 is 1.29 bits per heavy atom. The van der Waals surface area contributed by atoms with Gasteiger partial charge in [0.15, 0.2) is 0 Å². The highest BCUT2D eigenvalue weighted by Crippen LogP contribution is 2.17. The zero-order valence-electron chi connectivity index (χ0n) is 9.58. The molecule has 2 amide bonds. The first-order chi connectivity index (χ1) is 8.04. The third-order valence-corrected chi connectivity index (χ3v) is 2.33. The molecule has 0 atom stereocenters. The van der Waals surface area contributed by atoms with Crippen LogP contribution in [0.15, 0.2) is 30.0 Å². The van der Waals surface area contributed by atoms with E-state index < -0.39 is 0 Å². The van der Waals surface area contributed by atoms with E-state index in [1.54, 1.807) is 24.3 Å². The Labute approximate surface area is 105 Å². The molecule has 0 saturated heterocycles. The third kappa shape index (κ3) is 3.92. The smallest absolute Gasteiger partial charge is 0.267 e. The molecule has 17 heavy (non-hydrogen) atoms. The average Bonchev–Trinajstić information content (AvgIpc) is 2.29. The second-order valence-corrected chi connectivity index (χ2v) is 3.75. The summed E-state index contributed by atoms with van der Waals surface area (Å²) in [6.45, 7) is 1.34. The molecular formula is C12H13ClN2O2. The van der Waals surface area contributed by atoms with Crippen LogP contribution in [-0.2, 0) is 9.59 Å². The molecule has 0 aliphatic heterocycles. The molecule has 0 unspecified atom stereocenters. The van der Waals surface area contributed by atoms with E-state index in [9.17, 15) is 9.59 Å². The van der Waals surface area contributed by atoms with Crippen molar-refractivity contribution in [1.29, 1.82) is 0 Å². The van der Waals surface area contributed by atoms with Crippen molar-refractivity contribution >= 4 is 29.5 Å². The second-order valence-electron chi connectivity index (χ2n) is 3.34. The van der Waals surface area contributed by atoms with Crippen molar-refractivity contribution in [3.8, 4) is 0 Å². The first-order valence-corrected chi connectivity index (χ1v) is 5.38. The van der Waals surface area contributed by atoms with Crippen molar-refractivity contribution in [3.05, 3.63) is 40.5 Å². The van der Waals surface area contributed by atoms with E-state index in [0.29, 0.717) is 10.6 Å². The topological polar surface area (TPSA) is 58.2 Å². The molecule has 0 fully saturated rings. The van der Waals surface area contributed by atoms with Gasteiger partial charge in [0.25, 0.3) is 5.91 Å². The maximum atomic E-state index is 11.5. The van der Waals surface area contributed by atoms with E-state index in [0.717, 1.165) is 0 Å². The Balaban J connectivity index is 3.09. The van der Waals surface area contributed by atoms with Gasteiger partial charge in [-0.25, -0.2) is 0 Å². The van der Waals surface area contributed by atoms with Gasteiger partial charge >= 0.3 is 0 Å². The van der Waals surface area contributed by atoms with Crippen LogP contribution in [0, 0.1) is 0 Å². The second kappa shape index (κ2) is 6.06. The van der Waals surface area contributed by atoms with Gasteiger partial charge in [0.1, 0.15) is 5.70 Å². The first kappa shape index (κ1) is 13.3. The van der Waals surface area contributed by atoms with E-state index >= 15 is 0 Å². The number of nitrogens with one attached hydrogen (secondary N) is 2. The van der Waals surface area contributed by atoms with Crippen molar-refractivity contribution < 1.29 is 9.59 Å². The molecule has 2 N–H and O–H groups in total. The zero-order valence-corrected chi connectivity index (χ0v) is 10.3. The molecule has 0 saturated carbocycles. The van der Waals surface area contributed by atoms with Crippen LogP contribution in [-0.4, -0.2) is 18.9 Å². The van der Waals surface area contributed by atoms with E-state index in [1.165, 1.54) is 20.0 Å². The molecule has 1 aromatic carbocycles. The van der Waals surface area contributed by atoms with E-state index in [2.05, 4.69) is 10.6 Å². The van der Waals surface area contributed by atoms with Crippen LogP contribution in [0.2, 0.25) is 5.02 Å². The minimum absolute atomic E-state index is 0.160. The number of benzene rings is 1. The number of rotatable bonds is 3. The quantitative estimate of drug-likeness (QED) is 0.803. The summed E-state index contributed by atoms with van der Waals surface area (Å²) >= 11 is 5.96. The highest BCUT2D eigenvalue weighted by Gasteiger charge is 2.09. The van der Waals surface area contributed by atoms with E-state index in [-0.39, 0.29) is 17.5 Å². The van der Waals surface area contributed by atoms with Crippen LogP contribution in [0.5, 0.6) is 0 Å². The van der Waals surface area contributed by atoms with Crippen LogP contribution in [0.3, 0.4) is 0 Å². The van der Waals surface area contributed by atoms with Crippen molar-refractivity contribution in [2.75, 3.05) is 7.05 Å². The van der Waals surface area contributed by atoms with Crippen LogP contribution in [0.25, 0.3) is 6.08 Å². The fourth-order valence-electron chi connectivity index (χ4n) is 1.23. The fraction of sp³-hybridized carbons (Fsp3) is 0.167. The fourth-order valence-corrected chi connectivity index (χ4v) is 1.42. The standard InChI is InChI=1S/C12H13ClN2O2/c1-8(16)15-11(12(17)14-2)7-9-5-3-4-6-10(9)13/h3-7H,1-2H3,(H,14,17)(H,15,16)/b11-7+. The predicted octanol–water partition coefficient (Wildman–Crippen LogP) is 1.56. The van der Waals surface area contributed by atoms with Gasteiger partial charge in [-0.1, -0.05) is 29.8 Å². The Morgan fingerprint density at radius 3 is 2.47 bits per heavy atom. The molecule has 0 heterocycles. The molecule has 0 aliphatic rings. The van der Waals surface area contributed by atoms with Crippen molar-refractivity contribution in [1.82, 2.24) is 10.6 Å². The monoisotopic (exact) mass is 252 g/mol. The number of carbonyl (C=O) groups is 2. The summed E-state index contributed by atoms with van der Waals surface area (Å²) in [6.07, 6.45) is 1.53. The number of carbonyl (C=O) groups excluding carboxylic acids is 2. The van der Waals surface area contributed by atoms with Gasteiger partial charge in [-0.05, 0) is 17.7 Å². The lowest BCUT2D eigenvalue weighted by Crippen LogP contribution is -2.31. The van der Waals surface area contributed by atoms with Crippen LogP contribution >= 0.6 is 11.6 Å². The third-order valence-electron chi connectivity index (χ3n) is 1.99. The Kier molecular flexibility index (Phi) is 4.72. The minimum atomic E-state index is -0.375. The van der Waals surface area contributed by atoms with Crippen molar-refractivity contribution in [3.63, 3.8) is 0 Å². The van der Waals surface area contributed by atoms with Gasteiger partial charge in [0, 0.05) is 19.0 Å². The highest BCUT2D eigenvalue weighted by atomic mass is 35.5. The first-order valence-electron chi connectivity index (χ1n) is 5.00. The number of amides is 2. The van der Waals surface area contributed by atoms with Crippen molar-refractivity contribution in [2.24, 2.45) is 0 Å². The molecule has 0 aromatic heterocycles. The van der Waals surface area contributed by atoms with Gasteiger partial charge in [-0.3, -0.25) is 9.59 Å². The zero-order chi connectivity index (χ0) is 12.8. The largest absolute Gasteiger partial charge is 0.354 e. The number of likely N-dealkylation sites (N-methyl/N-ethyl adjacent to an activating group) is 1. The van der Waals surface area contributed by atoms with Gasteiger partial charge < -0.3 is 10.6 Å². The van der Waals surface area contributed by atoms with Gasteiger partial charge in [-0.2, -0.15) is 0 Å². The number of hydrogen-bond donors (Lipinski definition) is 2. The molecule has 4 nitrogen and oxygen atoms in total. The lowest BCUT2D eigenvalue weighted by Gasteiger charge is -2.07. The van der Waals surface area contributed by atoms with Crippen LogP contribution in [0.1, 0.15) is 12.5 Å². The minimum Gasteiger partial charge on any atom is -0.354 e. The summed E-state index contributed by atoms with van der Waals surface area (Å²) in [4.78, 5) is 22.5. The van der Waals surface area contributed by atoms with Crippen LogP contribution < -0.4 is 10.6 Å². The van der Waals surface area contributed by atoms with Gasteiger partial charge in [-0.15, -0.1) is 0 Å². The predicted molar refractivity (Wildman–Crippen MR) is 67.3 cm³/mol. The molecule has 0 bridgehead atoms. The molecule has 90 valence electrons. The van der Waals surface area contributed by atoms with Gasteiger partial charge in [0.05, 0.1) is 0 Å². The van der Waals surface area contributed by atoms with Crippen LogP contribution in [0.4, 0.5) is 0 Å². The van der Waals surface area contributed by atoms with Crippen molar-refractivity contribution in [2.45, 2.75) is 6.92 Å². The normalized spacial score (nSPS) is 10.9. The summed E-state index contributed by atoms with van der Waals surface area (Å²) in [5.41, 5.74) is 0.828. The Morgan fingerprint density at radius 2 is 1.94 bits per heavy atom. The maximum Gasteiger partial charge on any atom is 0.267 e. The maximum absolute atomic E-state index is 11.5. The molecule has 1 rings (SSSR count). The number of hydrogen-bond acceptors (Lipinski definition) is 2. The average molecular weight is 253 g/mol. The number of halogens is 1. The highest BCUT2D eigenvalue weighted by molar-refractivity contribution is 6.32. The summed E-state index contributed by atoms with van der Waals surface area (Å²) in [6, 6.07) is 7.06. The summed E-state index contributed by atoms with van der Waals surface area (Å²) in [5.74, 6) is -0.688.